The minimum atomic E-state index is -4.43. The fraction of sp³-hybridized carbons (Fsp3) is 0.455. The van der Waals surface area contributed by atoms with Crippen LogP contribution in [-0.2, 0) is 6.18 Å². The van der Waals surface area contributed by atoms with E-state index in [1.54, 1.807) is 0 Å². The molecule has 0 aliphatic rings. The van der Waals surface area contributed by atoms with E-state index >= 15 is 0 Å². The van der Waals surface area contributed by atoms with Crippen molar-refractivity contribution in [2.45, 2.75) is 24.8 Å². The zero-order valence-electron chi connectivity index (χ0n) is 9.09. The maximum Gasteiger partial charge on any atom is 0.416 e. The first kappa shape index (κ1) is 15.9. The van der Waals surface area contributed by atoms with E-state index in [1.807, 2.05) is 0 Å². The summed E-state index contributed by atoms with van der Waals surface area (Å²) in [7, 11) is 0. The van der Waals surface area contributed by atoms with Crippen molar-refractivity contribution in [1.29, 1.82) is 0 Å². The summed E-state index contributed by atoms with van der Waals surface area (Å²) in [5, 5.41) is 19.9. The van der Waals surface area contributed by atoms with Crippen molar-refractivity contribution in [2.75, 3.05) is 5.33 Å². The van der Waals surface area contributed by atoms with E-state index in [0.29, 0.717) is 11.8 Å². The zero-order valence-corrected chi connectivity index (χ0v) is 12.3. The highest BCUT2D eigenvalue weighted by Crippen LogP contribution is 2.34. The van der Waals surface area contributed by atoms with Gasteiger partial charge in [-0.25, -0.2) is 0 Å². The third-order valence-corrected chi connectivity index (χ3v) is 3.56. The molecule has 2 atom stereocenters. The molecule has 0 saturated carbocycles. The van der Waals surface area contributed by atoms with Gasteiger partial charge in [0.1, 0.15) is 6.10 Å². The van der Waals surface area contributed by atoms with Crippen molar-refractivity contribution >= 4 is 31.9 Å². The number of aliphatic hydroxyl groups is 2. The number of hydrogen-bond acceptors (Lipinski definition) is 2. The molecule has 18 heavy (non-hydrogen) atoms. The third-order valence-electron chi connectivity index (χ3n) is 2.42. The molecule has 0 heterocycles. The Morgan fingerprint density at radius 2 is 1.83 bits per heavy atom. The number of hydrogen-bond donors (Lipinski definition) is 2. The lowest BCUT2D eigenvalue weighted by atomic mass is 10.0. The molecule has 0 radical (unpaired) electrons. The summed E-state index contributed by atoms with van der Waals surface area (Å²) in [5.74, 6) is 0. The Balaban J connectivity index is 2.99. The predicted octanol–water partition coefficient (Wildman–Crippen LogP) is 3.65. The molecule has 2 N–H and O–H groups in total. The van der Waals surface area contributed by atoms with Crippen molar-refractivity contribution in [1.82, 2.24) is 0 Å². The summed E-state index contributed by atoms with van der Waals surface area (Å²) in [6, 6.07) is 2.93. The van der Waals surface area contributed by atoms with Crippen LogP contribution in [0, 0.1) is 0 Å². The van der Waals surface area contributed by atoms with Crippen molar-refractivity contribution in [3.63, 3.8) is 0 Å². The second-order valence-electron chi connectivity index (χ2n) is 3.72. The van der Waals surface area contributed by atoms with Gasteiger partial charge in [-0.15, -0.1) is 0 Å². The first-order chi connectivity index (χ1) is 8.27. The number of benzene rings is 1. The van der Waals surface area contributed by atoms with Crippen LogP contribution in [0.4, 0.5) is 13.2 Å². The molecule has 0 aromatic heterocycles. The van der Waals surface area contributed by atoms with E-state index in [2.05, 4.69) is 31.9 Å². The summed E-state index contributed by atoms with van der Waals surface area (Å²) in [6.45, 7) is 0. The van der Waals surface area contributed by atoms with Crippen LogP contribution in [0.25, 0.3) is 0 Å². The third kappa shape index (κ3) is 3.94. The highest BCUT2D eigenvalue weighted by atomic mass is 79.9. The van der Waals surface area contributed by atoms with Gasteiger partial charge in [0.25, 0.3) is 0 Å². The monoisotopic (exact) mass is 390 g/mol. The smallest absolute Gasteiger partial charge is 0.390 e. The van der Waals surface area contributed by atoms with Gasteiger partial charge in [-0.3, -0.25) is 0 Å². The summed E-state index contributed by atoms with van der Waals surface area (Å²) in [4.78, 5) is 0. The van der Waals surface area contributed by atoms with Crippen LogP contribution in [0.15, 0.2) is 22.7 Å². The Morgan fingerprint density at radius 1 is 1.22 bits per heavy atom. The maximum absolute atomic E-state index is 12.4. The molecule has 0 saturated heterocycles. The Hall–Kier alpha value is -0.110. The van der Waals surface area contributed by atoms with E-state index in [0.717, 1.165) is 18.2 Å². The molecule has 0 aliphatic heterocycles. The second-order valence-corrected chi connectivity index (χ2v) is 5.37. The van der Waals surface area contributed by atoms with Gasteiger partial charge >= 0.3 is 6.18 Å². The lowest BCUT2D eigenvalue weighted by molar-refractivity contribution is -0.137. The molecule has 7 heteroatoms. The fourth-order valence-electron chi connectivity index (χ4n) is 1.42. The van der Waals surface area contributed by atoms with Crippen LogP contribution in [0.1, 0.15) is 23.7 Å². The highest BCUT2D eigenvalue weighted by molar-refractivity contribution is 9.10. The molecule has 102 valence electrons. The van der Waals surface area contributed by atoms with Gasteiger partial charge < -0.3 is 10.2 Å². The summed E-state index contributed by atoms with van der Waals surface area (Å²) >= 11 is 6.09. The first-order valence-corrected chi connectivity index (χ1v) is 6.97. The van der Waals surface area contributed by atoms with E-state index in [9.17, 15) is 23.4 Å². The van der Waals surface area contributed by atoms with Crippen molar-refractivity contribution in [3.8, 4) is 0 Å². The molecule has 1 rings (SSSR count). The number of halogens is 5. The van der Waals surface area contributed by atoms with Crippen LogP contribution in [0.5, 0.6) is 0 Å². The Morgan fingerprint density at radius 3 is 2.28 bits per heavy atom. The van der Waals surface area contributed by atoms with Crippen molar-refractivity contribution in [3.05, 3.63) is 33.8 Å². The van der Waals surface area contributed by atoms with Gasteiger partial charge in [0.15, 0.2) is 0 Å². The van der Waals surface area contributed by atoms with E-state index in [1.165, 1.54) is 0 Å². The fourth-order valence-corrected chi connectivity index (χ4v) is 2.50. The summed E-state index contributed by atoms with van der Waals surface area (Å²) < 4.78 is 37.4. The minimum Gasteiger partial charge on any atom is -0.390 e. The van der Waals surface area contributed by atoms with Crippen LogP contribution in [0.2, 0.25) is 0 Å². The average Bonchev–Trinajstić information content (AvgIpc) is 2.27. The molecule has 2 unspecified atom stereocenters. The Labute approximate surface area is 119 Å². The van der Waals surface area contributed by atoms with E-state index in [-0.39, 0.29) is 10.0 Å². The largest absolute Gasteiger partial charge is 0.416 e. The topological polar surface area (TPSA) is 40.5 Å². The molecule has 1 aromatic carbocycles. The molecule has 0 fully saturated rings. The SMILES string of the molecule is OC(CCBr)C(O)c1ccc(C(F)(F)F)cc1Br. The zero-order chi connectivity index (χ0) is 13.9. The van der Waals surface area contributed by atoms with Gasteiger partial charge in [-0.1, -0.05) is 37.9 Å². The first-order valence-electron chi connectivity index (χ1n) is 5.06. The molecule has 0 spiro atoms. The standard InChI is InChI=1S/C11H11Br2F3O2/c12-4-3-9(17)10(18)7-2-1-6(5-8(7)13)11(14,15)16/h1-2,5,9-10,17-18H,3-4H2. The van der Waals surface area contributed by atoms with Crippen molar-refractivity contribution in [2.24, 2.45) is 0 Å². The van der Waals surface area contributed by atoms with Gasteiger partial charge in [0, 0.05) is 9.80 Å². The lowest BCUT2D eigenvalue weighted by Crippen LogP contribution is -2.19. The van der Waals surface area contributed by atoms with E-state index in [4.69, 9.17) is 0 Å². The Bertz CT molecular complexity index is 410. The van der Waals surface area contributed by atoms with Crippen molar-refractivity contribution < 1.29 is 23.4 Å². The van der Waals surface area contributed by atoms with Crippen LogP contribution < -0.4 is 0 Å². The average molecular weight is 392 g/mol. The minimum absolute atomic E-state index is 0.124. The highest BCUT2D eigenvalue weighted by Gasteiger charge is 2.31. The van der Waals surface area contributed by atoms with E-state index < -0.39 is 23.9 Å². The quantitative estimate of drug-likeness (QED) is 0.769. The van der Waals surface area contributed by atoms with Gasteiger partial charge in [0.2, 0.25) is 0 Å². The van der Waals surface area contributed by atoms with Crippen LogP contribution in [0.3, 0.4) is 0 Å². The molecule has 1 aromatic rings. The van der Waals surface area contributed by atoms with Crippen LogP contribution >= 0.6 is 31.9 Å². The predicted molar refractivity (Wildman–Crippen MR) is 68.5 cm³/mol. The number of rotatable bonds is 4. The molecule has 2 nitrogen and oxygen atoms in total. The molecular formula is C11H11Br2F3O2. The number of alkyl halides is 4. The molecule has 0 amide bonds. The molecule has 0 bridgehead atoms. The van der Waals surface area contributed by atoms with Gasteiger partial charge in [-0.2, -0.15) is 13.2 Å². The van der Waals surface area contributed by atoms with Gasteiger partial charge in [-0.05, 0) is 24.1 Å². The maximum atomic E-state index is 12.4. The van der Waals surface area contributed by atoms with Crippen LogP contribution in [-0.4, -0.2) is 21.6 Å². The lowest BCUT2D eigenvalue weighted by Gasteiger charge is -2.19. The number of aliphatic hydroxyl groups excluding tert-OH is 2. The summed E-state index contributed by atoms with van der Waals surface area (Å²) in [6.07, 6.45) is -6.38. The second kappa shape index (κ2) is 6.36. The Kier molecular flexibility index (Phi) is 5.64. The molecule has 0 aliphatic carbocycles. The molecular weight excluding hydrogens is 381 g/mol. The summed E-state index contributed by atoms with van der Waals surface area (Å²) in [5.41, 5.74) is -0.572. The van der Waals surface area contributed by atoms with Gasteiger partial charge in [0.05, 0.1) is 11.7 Å². The normalized spacial score (nSPS) is 15.5.